The van der Waals surface area contributed by atoms with E-state index in [0.29, 0.717) is 6.04 Å². The summed E-state index contributed by atoms with van der Waals surface area (Å²) < 4.78 is 0. The summed E-state index contributed by atoms with van der Waals surface area (Å²) in [6, 6.07) is 6.92. The van der Waals surface area contributed by atoms with Gasteiger partial charge >= 0.3 is 0 Å². The van der Waals surface area contributed by atoms with Crippen LogP contribution in [0.15, 0.2) is 18.2 Å². The van der Waals surface area contributed by atoms with Gasteiger partial charge in [-0.15, -0.1) is 0 Å². The molecule has 1 fully saturated rings. The van der Waals surface area contributed by atoms with Crippen molar-refractivity contribution in [2.75, 3.05) is 6.54 Å². The van der Waals surface area contributed by atoms with Crippen molar-refractivity contribution in [3.63, 3.8) is 0 Å². The molecule has 0 saturated carbocycles. The molecule has 1 aromatic carbocycles. The Labute approximate surface area is 83.1 Å². The minimum Gasteiger partial charge on any atom is -0.310 e. The normalized spacial score (nSPS) is 30.2. The van der Waals surface area contributed by atoms with Crippen molar-refractivity contribution in [2.45, 2.75) is 24.8 Å². The topological polar surface area (TPSA) is 12.0 Å². The van der Waals surface area contributed by atoms with Gasteiger partial charge in [0.1, 0.15) is 0 Å². The summed E-state index contributed by atoms with van der Waals surface area (Å²) in [7, 11) is 0. The lowest BCUT2D eigenvalue weighted by molar-refractivity contribution is 0.410. The second-order valence-corrected chi connectivity index (χ2v) is 4.44. The first-order valence-electron chi connectivity index (χ1n) is 4.87. The second kappa shape index (κ2) is 2.73. The molecule has 2 heteroatoms. The number of fused-ring (bicyclic) bond motifs is 5. The minimum atomic E-state index is 0.576. The highest BCUT2D eigenvalue weighted by Crippen LogP contribution is 2.45. The van der Waals surface area contributed by atoms with E-state index in [1.165, 1.54) is 24.0 Å². The maximum absolute atomic E-state index is 5.99. The number of piperidine rings is 1. The van der Waals surface area contributed by atoms with Crippen molar-refractivity contribution in [3.05, 3.63) is 34.3 Å². The number of hydrogen-bond acceptors (Lipinski definition) is 1. The Morgan fingerprint density at radius 2 is 2.23 bits per heavy atom. The first-order valence-corrected chi connectivity index (χ1v) is 5.25. The van der Waals surface area contributed by atoms with Gasteiger partial charge in [0.2, 0.25) is 0 Å². The minimum absolute atomic E-state index is 0.576. The summed E-state index contributed by atoms with van der Waals surface area (Å²) >= 11 is 5.99. The van der Waals surface area contributed by atoms with Crippen LogP contribution < -0.4 is 5.32 Å². The first-order chi connectivity index (χ1) is 6.34. The Bertz CT molecular complexity index is 348. The van der Waals surface area contributed by atoms with E-state index >= 15 is 0 Å². The highest BCUT2D eigenvalue weighted by molar-refractivity contribution is 6.30. The third-order valence-corrected chi connectivity index (χ3v) is 3.50. The van der Waals surface area contributed by atoms with Crippen LogP contribution in [0, 0.1) is 0 Å². The standard InChI is InChI=1S/C11H12ClN/c12-8-1-2-9-7-3-4-13-11(5-7)10(9)6-8/h1-2,6-7,11,13H,3-5H2/t7?,11-/m1/s1. The Morgan fingerprint density at radius 3 is 3.15 bits per heavy atom. The fraction of sp³-hybridized carbons (Fsp3) is 0.455. The number of rotatable bonds is 0. The maximum Gasteiger partial charge on any atom is 0.0409 e. The zero-order valence-corrected chi connectivity index (χ0v) is 8.14. The lowest BCUT2D eigenvalue weighted by Crippen LogP contribution is -2.24. The van der Waals surface area contributed by atoms with Gasteiger partial charge in [0, 0.05) is 11.1 Å². The van der Waals surface area contributed by atoms with Crippen molar-refractivity contribution in [2.24, 2.45) is 0 Å². The Hall–Kier alpha value is -0.530. The highest BCUT2D eigenvalue weighted by atomic mass is 35.5. The second-order valence-electron chi connectivity index (χ2n) is 4.00. The number of nitrogens with one attached hydrogen (secondary N) is 1. The molecule has 3 rings (SSSR count). The summed E-state index contributed by atoms with van der Waals surface area (Å²) in [5.41, 5.74) is 2.97. The van der Waals surface area contributed by atoms with Crippen LogP contribution in [0.25, 0.3) is 0 Å². The van der Waals surface area contributed by atoms with Gasteiger partial charge in [-0.25, -0.2) is 0 Å². The van der Waals surface area contributed by atoms with Crippen LogP contribution in [0.3, 0.4) is 0 Å². The Morgan fingerprint density at radius 1 is 1.31 bits per heavy atom. The molecule has 1 aliphatic heterocycles. The molecule has 2 aliphatic rings. The van der Waals surface area contributed by atoms with E-state index in [1.807, 2.05) is 6.07 Å². The quantitative estimate of drug-likeness (QED) is 0.668. The highest BCUT2D eigenvalue weighted by Gasteiger charge is 2.33. The van der Waals surface area contributed by atoms with Gasteiger partial charge in [0.15, 0.2) is 0 Å². The van der Waals surface area contributed by atoms with Gasteiger partial charge in [-0.3, -0.25) is 0 Å². The fourth-order valence-electron chi connectivity index (χ4n) is 2.66. The molecule has 0 radical (unpaired) electrons. The van der Waals surface area contributed by atoms with Gasteiger partial charge < -0.3 is 5.32 Å². The van der Waals surface area contributed by atoms with Gasteiger partial charge in [-0.2, -0.15) is 0 Å². The van der Waals surface area contributed by atoms with E-state index in [0.717, 1.165) is 17.5 Å². The molecule has 1 aromatic rings. The lowest BCUT2D eigenvalue weighted by atomic mass is 9.97. The molecule has 1 saturated heterocycles. The summed E-state index contributed by atoms with van der Waals surface area (Å²) in [5, 5.41) is 4.40. The third kappa shape index (κ3) is 1.11. The molecule has 0 amide bonds. The van der Waals surface area contributed by atoms with E-state index in [9.17, 15) is 0 Å². The van der Waals surface area contributed by atoms with Gasteiger partial charge in [-0.1, -0.05) is 17.7 Å². The first kappa shape index (κ1) is 7.84. The van der Waals surface area contributed by atoms with Crippen LogP contribution in [0.4, 0.5) is 0 Å². The fourth-order valence-corrected chi connectivity index (χ4v) is 2.84. The molecular weight excluding hydrogens is 182 g/mol. The predicted molar refractivity (Wildman–Crippen MR) is 54.2 cm³/mol. The van der Waals surface area contributed by atoms with Gasteiger partial charge in [-0.05, 0) is 48.6 Å². The van der Waals surface area contributed by atoms with E-state index < -0.39 is 0 Å². The van der Waals surface area contributed by atoms with Crippen LogP contribution in [0.1, 0.15) is 35.9 Å². The Kier molecular flexibility index (Phi) is 1.64. The molecular formula is C11H12ClN. The van der Waals surface area contributed by atoms with Gasteiger partial charge in [0.05, 0.1) is 0 Å². The van der Waals surface area contributed by atoms with E-state index in [2.05, 4.69) is 17.4 Å². The average molecular weight is 194 g/mol. The average Bonchev–Trinajstić information content (AvgIpc) is 2.39. The molecule has 2 atom stereocenters. The van der Waals surface area contributed by atoms with Crippen LogP contribution >= 0.6 is 11.6 Å². The van der Waals surface area contributed by atoms with Crippen LogP contribution in [-0.2, 0) is 0 Å². The van der Waals surface area contributed by atoms with Crippen molar-refractivity contribution >= 4 is 11.6 Å². The maximum atomic E-state index is 5.99. The molecule has 0 spiro atoms. The molecule has 68 valence electrons. The van der Waals surface area contributed by atoms with Crippen molar-refractivity contribution < 1.29 is 0 Å². The SMILES string of the molecule is Clc1ccc2c(c1)[C@H]1CC2CCN1. The van der Waals surface area contributed by atoms with Crippen molar-refractivity contribution in [1.29, 1.82) is 0 Å². The van der Waals surface area contributed by atoms with E-state index in [4.69, 9.17) is 11.6 Å². The molecule has 2 bridgehead atoms. The van der Waals surface area contributed by atoms with E-state index in [-0.39, 0.29) is 0 Å². The smallest absolute Gasteiger partial charge is 0.0409 e. The van der Waals surface area contributed by atoms with Crippen LogP contribution in [0.5, 0.6) is 0 Å². The monoisotopic (exact) mass is 193 g/mol. The van der Waals surface area contributed by atoms with Crippen LogP contribution in [0.2, 0.25) is 5.02 Å². The largest absolute Gasteiger partial charge is 0.310 e. The number of benzene rings is 1. The molecule has 1 unspecified atom stereocenters. The third-order valence-electron chi connectivity index (χ3n) is 3.27. The van der Waals surface area contributed by atoms with Gasteiger partial charge in [0.25, 0.3) is 0 Å². The van der Waals surface area contributed by atoms with Crippen molar-refractivity contribution in [3.8, 4) is 0 Å². The molecule has 1 heterocycles. The molecule has 1 nitrogen and oxygen atoms in total. The van der Waals surface area contributed by atoms with Crippen molar-refractivity contribution in [1.82, 2.24) is 5.32 Å². The summed E-state index contributed by atoms with van der Waals surface area (Å²) in [6.07, 6.45) is 2.56. The predicted octanol–water partition coefficient (Wildman–Crippen LogP) is 2.86. The molecule has 1 N–H and O–H groups in total. The molecule has 0 aromatic heterocycles. The van der Waals surface area contributed by atoms with Crippen LogP contribution in [-0.4, -0.2) is 6.54 Å². The summed E-state index contributed by atoms with van der Waals surface area (Å²) in [5.74, 6) is 0.790. The zero-order chi connectivity index (χ0) is 8.84. The number of halogens is 1. The number of hydrogen-bond donors (Lipinski definition) is 1. The Balaban J connectivity index is 2.15. The summed E-state index contributed by atoms with van der Waals surface area (Å²) in [4.78, 5) is 0. The zero-order valence-electron chi connectivity index (χ0n) is 7.39. The summed E-state index contributed by atoms with van der Waals surface area (Å²) in [6.45, 7) is 1.15. The van der Waals surface area contributed by atoms with E-state index in [1.54, 1.807) is 0 Å². The molecule has 1 aliphatic carbocycles. The molecule has 13 heavy (non-hydrogen) atoms. The lowest BCUT2D eigenvalue weighted by Gasteiger charge is -2.20.